The van der Waals surface area contributed by atoms with Gasteiger partial charge in [-0.25, -0.2) is 0 Å². The van der Waals surface area contributed by atoms with Gasteiger partial charge < -0.3 is 10.1 Å². The molecule has 0 spiro atoms. The molecular formula is C20H17BrClN3O5. The Bertz CT molecular complexity index is 983. The molecule has 1 fully saturated rings. The summed E-state index contributed by atoms with van der Waals surface area (Å²) >= 11 is 9.24. The summed E-state index contributed by atoms with van der Waals surface area (Å²) in [6, 6.07) is 13.3. The number of hydrazine groups is 1. The van der Waals surface area contributed by atoms with Gasteiger partial charge in [-0.15, -0.1) is 0 Å². The van der Waals surface area contributed by atoms with Crippen LogP contribution in [0, 0.1) is 5.92 Å². The quantitative estimate of drug-likeness (QED) is 0.601. The zero-order chi connectivity index (χ0) is 21.7. The molecule has 0 unspecified atom stereocenters. The van der Waals surface area contributed by atoms with E-state index in [1.54, 1.807) is 48.5 Å². The number of benzene rings is 2. The number of nitrogens with one attached hydrogen (secondary N) is 2. The average molecular weight is 495 g/mol. The van der Waals surface area contributed by atoms with E-state index in [-0.39, 0.29) is 13.0 Å². The van der Waals surface area contributed by atoms with Crippen LogP contribution in [0.25, 0.3) is 0 Å². The number of anilines is 1. The highest BCUT2D eigenvalue weighted by Gasteiger charge is 2.36. The summed E-state index contributed by atoms with van der Waals surface area (Å²) in [6.45, 7) is -0.550. The van der Waals surface area contributed by atoms with Crippen LogP contribution in [0.2, 0.25) is 5.02 Å². The highest BCUT2D eigenvalue weighted by atomic mass is 79.9. The van der Waals surface area contributed by atoms with Gasteiger partial charge in [0.2, 0.25) is 5.91 Å². The Hall–Kier alpha value is -2.91. The van der Waals surface area contributed by atoms with E-state index in [1.165, 1.54) is 0 Å². The van der Waals surface area contributed by atoms with Crippen molar-refractivity contribution in [1.82, 2.24) is 10.4 Å². The Kier molecular flexibility index (Phi) is 7.07. The lowest BCUT2D eigenvalue weighted by atomic mass is 10.1. The van der Waals surface area contributed by atoms with Gasteiger partial charge in [0.25, 0.3) is 11.8 Å². The number of carbonyl (C=O) groups excluding carboxylic acids is 4. The number of amides is 3. The molecule has 30 heavy (non-hydrogen) atoms. The SMILES string of the molecule is O=C(COC(=O)[C@@H]1CC(=O)N(NC(=O)c2ccc(Br)cc2)C1)Nc1ccccc1Cl. The number of esters is 1. The van der Waals surface area contributed by atoms with E-state index in [4.69, 9.17) is 16.3 Å². The number of para-hydroxylation sites is 1. The van der Waals surface area contributed by atoms with Crippen molar-refractivity contribution < 1.29 is 23.9 Å². The molecule has 0 aliphatic carbocycles. The molecule has 1 aliphatic heterocycles. The summed E-state index contributed by atoms with van der Waals surface area (Å²) in [4.78, 5) is 48.6. The first-order valence-corrected chi connectivity index (χ1v) is 10.1. The molecule has 2 aromatic rings. The number of nitrogens with zero attached hydrogens (tertiary/aromatic N) is 1. The summed E-state index contributed by atoms with van der Waals surface area (Å²) in [5.74, 6) is -2.91. The summed E-state index contributed by atoms with van der Waals surface area (Å²) in [7, 11) is 0. The molecule has 0 bridgehead atoms. The molecule has 0 radical (unpaired) electrons. The van der Waals surface area contributed by atoms with Gasteiger partial charge in [0.1, 0.15) is 0 Å². The maximum atomic E-state index is 12.2. The van der Waals surface area contributed by atoms with Crippen LogP contribution >= 0.6 is 27.5 Å². The molecular weight excluding hydrogens is 478 g/mol. The van der Waals surface area contributed by atoms with E-state index in [9.17, 15) is 19.2 Å². The number of ether oxygens (including phenoxy) is 1. The highest BCUT2D eigenvalue weighted by molar-refractivity contribution is 9.10. The Morgan fingerprint density at radius 1 is 1.13 bits per heavy atom. The lowest BCUT2D eigenvalue weighted by Crippen LogP contribution is -2.43. The fourth-order valence-electron chi connectivity index (χ4n) is 2.77. The van der Waals surface area contributed by atoms with Crippen molar-refractivity contribution in [2.75, 3.05) is 18.5 Å². The van der Waals surface area contributed by atoms with Crippen molar-refractivity contribution in [3.05, 3.63) is 63.6 Å². The van der Waals surface area contributed by atoms with Gasteiger partial charge in [-0.05, 0) is 36.4 Å². The third-order valence-corrected chi connectivity index (χ3v) is 5.15. The molecule has 1 saturated heterocycles. The maximum absolute atomic E-state index is 12.2. The summed E-state index contributed by atoms with van der Waals surface area (Å²) in [5, 5.41) is 3.98. The standard InChI is InChI=1S/C20H17BrClN3O5/c21-14-7-5-12(6-8-14)19(28)24-25-10-13(9-18(25)27)20(29)30-11-17(26)23-16-4-2-1-3-15(16)22/h1-8,13H,9-11H2,(H,23,26)(H,24,28)/t13-/m1/s1. The molecule has 1 atom stereocenters. The molecule has 156 valence electrons. The van der Waals surface area contributed by atoms with Crippen molar-refractivity contribution in [3.63, 3.8) is 0 Å². The molecule has 2 N–H and O–H groups in total. The van der Waals surface area contributed by atoms with Crippen LogP contribution in [0.3, 0.4) is 0 Å². The fraction of sp³-hybridized carbons (Fsp3) is 0.200. The van der Waals surface area contributed by atoms with Crippen LogP contribution in [0.5, 0.6) is 0 Å². The van der Waals surface area contributed by atoms with E-state index in [2.05, 4.69) is 26.7 Å². The van der Waals surface area contributed by atoms with Gasteiger partial charge in [-0.1, -0.05) is 39.7 Å². The second-order valence-electron chi connectivity index (χ2n) is 6.49. The predicted molar refractivity (Wildman–Crippen MR) is 112 cm³/mol. The van der Waals surface area contributed by atoms with Crippen molar-refractivity contribution in [2.24, 2.45) is 5.92 Å². The Balaban J connectivity index is 1.48. The van der Waals surface area contributed by atoms with E-state index >= 15 is 0 Å². The topological polar surface area (TPSA) is 105 Å². The summed E-state index contributed by atoms with van der Waals surface area (Å²) < 4.78 is 5.83. The molecule has 1 aliphatic rings. The number of hydrogen-bond acceptors (Lipinski definition) is 5. The zero-order valence-corrected chi connectivity index (χ0v) is 17.9. The number of hydrogen-bond donors (Lipinski definition) is 2. The molecule has 2 aromatic carbocycles. The van der Waals surface area contributed by atoms with Gasteiger partial charge in [-0.3, -0.25) is 29.6 Å². The fourth-order valence-corrected chi connectivity index (χ4v) is 3.21. The monoisotopic (exact) mass is 493 g/mol. The minimum absolute atomic E-state index is 0.0356. The second kappa shape index (κ2) is 9.73. The summed E-state index contributed by atoms with van der Waals surface area (Å²) in [5.41, 5.74) is 3.25. The van der Waals surface area contributed by atoms with E-state index < -0.39 is 36.2 Å². The van der Waals surface area contributed by atoms with Crippen LogP contribution in [-0.2, 0) is 19.1 Å². The summed E-state index contributed by atoms with van der Waals surface area (Å²) in [6.07, 6.45) is -0.119. The lowest BCUT2D eigenvalue weighted by molar-refractivity contribution is -0.151. The predicted octanol–water partition coefficient (Wildman–Crippen LogP) is 2.78. The molecule has 3 amide bonds. The van der Waals surface area contributed by atoms with Crippen LogP contribution in [0.15, 0.2) is 53.0 Å². The first-order valence-electron chi connectivity index (χ1n) is 8.91. The number of halogens is 2. The van der Waals surface area contributed by atoms with Crippen molar-refractivity contribution in [3.8, 4) is 0 Å². The minimum Gasteiger partial charge on any atom is -0.455 e. The van der Waals surface area contributed by atoms with Crippen LogP contribution in [-0.4, -0.2) is 41.9 Å². The highest BCUT2D eigenvalue weighted by Crippen LogP contribution is 2.21. The van der Waals surface area contributed by atoms with E-state index in [1.807, 2.05) is 0 Å². The molecule has 10 heteroatoms. The zero-order valence-electron chi connectivity index (χ0n) is 15.6. The average Bonchev–Trinajstić information content (AvgIpc) is 3.09. The van der Waals surface area contributed by atoms with Crippen LogP contribution in [0.1, 0.15) is 16.8 Å². The molecule has 0 saturated carbocycles. The Morgan fingerprint density at radius 2 is 1.83 bits per heavy atom. The minimum atomic E-state index is -0.782. The van der Waals surface area contributed by atoms with Gasteiger partial charge >= 0.3 is 5.97 Å². The van der Waals surface area contributed by atoms with Crippen LogP contribution < -0.4 is 10.7 Å². The second-order valence-corrected chi connectivity index (χ2v) is 7.81. The lowest BCUT2D eigenvalue weighted by Gasteiger charge is -2.17. The first-order chi connectivity index (χ1) is 14.3. The van der Waals surface area contributed by atoms with Gasteiger partial charge in [-0.2, -0.15) is 0 Å². The molecule has 8 nitrogen and oxygen atoms in total. The van der Waals surface area contributed by atoms with E-state index in [0.717, 1.165) is 9.48 Å². The largest absolute Gasteiger partial charge is 0.455 e. The Labute approximate surface area is 185 Å². The smallest absolute Gasteiger partial charge is 0.311 e. The van der Waals surface area contributed by atoms with Crippen LogP contribution in [0.4, 0.5) is 5.69 Å². The maximum Gasteiger partial charge on any atom is 0.311 e. The normalized spacial score (nSPS) is 15.6. The van der Waals surface area contributed by atoms with Gasteiger partial charge in [0.05, 0.1) is 23.2 Å². The van der Waals surface area contributed by atoms with Crippen molar-refractivity contribution >= 4 is 56.9 Å². The molecule has 3 rings (SSSR count). The van der Waals surface area contributed by atoms with E-state index in [0.29, 0.717) is 16.3 Å². The van der Waals surface area contributed by atoms with Crippen molar-refractivity contribution in [2.45, 2.75) is 6.42 Å². The number of rotatable bonds is 6. The third kappa shape index (κ3) is 5.58. The third-order valence-electron chi connectivity index (χ3n) is 4.29. The number of carbonyl (C=O) groups is 4. The molecule has 1 heterocycles. The van der Waals surface area contributed by atoms with Gasteiger partial charge in [0, 0.05) is 16.5 Å². The Morgan fingerprint density at radius 3 is 2.53 bits per heavy atom. The first kappa shape index (κ1) is 21.8. The van der Waals surface area contributed by atoms with Crippen molar-refractivity contribution in [1.29, 1.82) is 0 Å². The van der Waals surface area contributed by atoms with Gasteiger partial charge in [0.15, 0.2) is 6.61 Å². The molecule has 0 aromatic heterocycles.